The highest BCUT2D eigenvalue weighted by Crippen LogP contribution is 2.40. The van der Waals surface area contributed by atoms with Gasteiger partial charge in [-0.05, 0) is 44.1 Å². The van der Waals surface area contributed by atoms with Crippen molar-refractivity contribution in [3.63, 3.8) is 0 Å². The van der Waals surface area contributed by atoms with Gasteiger partial charge in [-0.1, -0.05) is 0 Å². The first-order valence-corrected chi connectivity index (χ1v) is 14.3. The highest BCUT2D eigenvalue weighted by Gasteiger charge is 2.44. The highest BCUT2D eigenvalue weighted by atomic mass is 16.5. The van der Waals surface area contributed by atoms with Gasteiger partial charge in [0.05, 0.1) is 18.7 Å². The van der Waals surface area contributed by atoms with E-state index in [0.29, 0.717) is 86.9 Å². The van der Waals surface area contributed by atoms with Crippen molar-refractivity contribution in [1.82, 2.24) is 24.8 Å². The molecule has 3 amide bonds. The number of aromatic amines is 1. The van der Waals surface area contributed by atoms with Gasteiger partial charge in [0.1, 0.15) is 0 Å². The van der Waals surface area contributed by atoms with Gasteiger partial charge in [-0.25, -0.2) is 9.78 Å². The van der Waals surface area contributed by atoms with E-state index >= 15 is 0 Å². The van der Waals surface area contributed by atoms with E-state index < -0.39 is 0 Å². The highest BCUT2D eigenvalue weighted by molar-refractivity contribution is 5.95. The zero-order valence-corrected chi connectivity index (χ0v) is 22.1. The van der Waals surface area contributed by atoms with E-state index in [2.05, 4.69) is 5.16 Å². The number of hydrogen-bond acceptors (Lipinski definition) is 7. The summed E-state index contributed by atoms with van der Waals surface area (Å²) >= 11 is 0. The van der Waals surface area contributed by atoms with Crippen LogP contribution in [0.2, 0.25) is 0 Å². The summed E-state index contributed by atoms with van der Waals surface area (Å²) in [5, 5.41) is 2.37. The molecule has 4 aliphatic heterocycles. The van der Waals surface area contributed by atoms with E-state index in [1.807, 2.05) is 21.9 Å². The Hall–Kier alpha value is -3.34. The van der Waals surface area contributed by atoms with Crippen LogP contribution in [-0.2, 0) is 17.7 Å². The third-order valence-corrected chi connectivity index (χ3v) is 9.03. The molecule has 2 atom stereocenters. The third-order valence-electron chi connectivity index (χ3n) is 9.03. The number of H-pyrrole nitrogens is 1. The van der Waals surface area contributed by atoms with Gasteiger partial charge in [0.2, 0.25) is 5.88 Å². The van der Waals surface area contributed by atoms with E-state index in [1.165, 1.54) is 0 Å². The minimum absolute atomic E-state index is 0.0218. The summed E-state index contributed by atoms with van der Waals surface area (Å²) in [6.45, 7) is 5.53. The second-order valence-electron chi connectivity index (χ2n) is 11.8. The van der Waals surface area contributed by atoms with Crippen molar-refractivity contribution in [3.8, 4) is 5.88 Å². The molecule has 6 heterocycles. The maximum absolute atomic E-state index is 13.6. The second kappa shape index (κ2) is 10.0. The number of carbonyl (C=O) groups is 2. The van der Waals surface area contributed by atoms with E-state index in [-0.39, 0.29) is 29.3 Å². The van der Waals surface area contributed by atoms with Crippen LogP contribution < -0.4 is 10.3 Å². The Kier molecular flexibility index (Phi) is 6.33. The summed E-state index contributed by atoms with van der Waals surface area (Å²) in [7, 11) is 0. The molecule has 1 saturated carbocycles. The molecule has 39 heavy (non-hydrogen) atoms. The quantitative estimate of drug-likeness (QED) is 0.621. The van der Waals surface area contributed by atoms with Crippen LogP contribution in [0, 0.1) is 17.8 Å². The molecule has 2 aromatic rings. The summed E-state index contributed by atoms with van der Waals surface area (Å²) in [4.78, 5) is 48.9. The fourth-order valence-electron chi connectivity index (χ4n) is 6.53. The molecule has 0 aromatic carbocycles. The molecule has 11 nitrogen and oxygen atoms in total. The Morgan fingerprint density at radius 3 is 2.49 bits per heavy atom. The molecule has 1 aliphatic carbocycles. The zero-order chi connectivity index (χ0) is 26.5. The summed E-state index contributed by atoms with van der Waals surface area (Å²) < 4.78 is 16.8. The number of fused-ring (bicyclic) bond motifs is 2. The van der Waals surface area contributed by atoms with E-state index in [4.69, 9.17) is 19.0 Å². The SMILES string of the molecule is O=C(c1cc(OCC2CCOCC2)nc(C2CC2)c1)N1CC2CN(C(=O)N3CCc4c(o[nH]c4=O)C3)CC2C1. The smallest absolute Gasteiger partial charge is 0.320 e. The van der Waals surface area contributed by atoms with Gasteiger partial charge in [0.15, 0.2) is 5.76 Å². The van der Waals surface area contributed by atoms with Crippen molar-refractivity contribution in [3.05, 3.63) is 45.1 Å². The first kappa shape index (κ1) is 24.7. The van der Waals surface area contributed by atoms with Crippen molar-refractivity contribution < 1.29 is 23.6 Å². The first-order chi connectivity index (χ1) is 19.0. The van der Waals surface area contributed by atoms with Crippen molar-refractivity contribution in [2.24, 2.45) is 17.8 Å². The number of urea groups is 1. The number of carbonyl (C=O) groups excluding carboxylic acids is 2. The summed E-state index contributed by atoms with van der Waals surface area (Å²) in [5.74, 6) is 2.53. The molecule has 3 saturated heterocycles. The molecule has 2 aromatic heterocycles. The molecule has 1 N–H and O–H groups in total. The monoisotopic (exact) mass is 537 g/mol. The molecule has 5 aliphatic rings. The van der Waals surface area contributed by atoms with Gasteiger partial charge in [-0.3, -0.25) is 9.59 Å². The van der Waals surface area contributed by atoms with Crippen LogP contribution in [0.3, 0.4) is 0 Å². The topological polar surface area (TPSA) is 121 Å². The van der Waals surface area contributed by atoms with Gasteiger partial charge in [-0.2, -0.15) is 5.16 Å². The molecule has 11 heteroatoms. The maximum atomic E-state index is 13.6. The maximum Gasteiger partial charge on any atom is 0.320 e. The number of pyridine rings is 1. The predicted molar refractivity (Wildman–Crippen MR) is 139 cm³/mol. The van der Waals surface area contributed by atoms with Gasteiger partial charge in [-0.15, -0.1) is 0 Å². The largest absolute Gasteiger partial charge is 0.477 e. The molecule has 4 fully saturated rings. The minimum atomic E-state index is -0.200. The van der Waals surface area contributed by atoms with Crippen LogP contribution in [0.25, 0.3) is 0 Å². The van der Waals surface area contributed by atoms with Crippen LogP contribution in [0.4, 0.5) is 4.79 Å². The van der Waals surface area contributed by atoms with E-state index in [9.17, 15) is 14.4 Å². The fraction of sp³-hybridized carbons (Fsp3) is 0.643. The van der Waals surface area contributed by atoms with E-state index in [1.54, 1.807) is 4.90 Å². The van der Waals surface area contributed by atoms with E-state index in [0.717, 1.165) is 44.6 Å². The molecule has 0 bridgehead atoms. The number of likely N-dealkylation sites (tertiary alicyclic amines) is 2. The van der Waals surface area contributed by atoms with Crippen molar-refractivity contribution >= 4 is 11.9 Å². The van der Waals surface area contributed by atoms with Crippen LogP contribution in [-0.4, -0.2) is 89.3 Å². The van der Waals surface area contributed by atoms with Crippen LogP contribution >= 0.6 is 0 Å². The lowest BCUT2D eigenvalue weighted by molar-refractivity contribution is 0.0490. The summed E-state index contributed by atoms with van der Waals surface area (Å²) in [6.07, 6.45) is 4.70. The Balaban J connectivity index is 0.979. The molecule has 0 radical (unpaired) electrons. The van der Waals surface area contributed by atoms with Crippen LogP contribution in [0.15, 0.2) is 21.5 Å². The second-order valence-corrected chi connectivity index (χ2v) is 11.8. The number of nitrogens with zero attached hydrogens (tertiary/aromatic N) is 4. The lowest BCUT2D eigenvalue weighted by Crippen LogP contribution is -2.45. The average molecular weight is 538 g/mol. The Morgan fingerprint density at radius 2 is 1.74 bits per heavy atom. The van der Waals surface area contributed by atoms with Gasteiger partial charge in [0, 0.05) is 81.0 Å². The summed E-state index contributed by atoms with van der Waals surface area (Å²) in [5.41, 5.74) is 2.06. The number of nitrogens with one attached hydrogen (secondary N) is 1. The van der Waals surface area contributed by atoms with Crippen molar-refractivity contribution in [2.45, 2.75) is 44.6 Å². The van der Waals surface area contributed by atoms with Gasteiger partial charge < -0.3 is 28.7 Å². The van der Waals surface area contributed by atoms with Crippen molar-refractivity contribution in [1.29, 1.82) is 0 Å². The number of hydrogen-bond donors (Lipinski definition) is 1. The number of aromatic nitrogens is 2. The van der Waals surface area contributed by atoms with Crippen LogP contribution in [0.1, 0.15) is 59.0 Å². The lowest BCUT2D eigenvalue weighted by atomic mass is 10.0. The number of amides is 3. The molecular weight excluding hydrogens is 502 g/mol. The fourth-order valence-corrected chi connectivity index (χ4v) is 6.53. The normalized spacial score (nSPS) is 25.1. The van der Waals surface area contributed by atoms with Crippen LogP contribution in [0.5, 0.6) is 5.88 Å². The standard InChI is InChI=1S/C28H35N5O6/c34-26-22-3-6-31(15-24(22)39-30-26)28(36)33-13-20-11-32(12-21(20)14-33)27(35)19-9-23(18-1-2-18)29-25(10-19)38-16-17-4-7-37-8-5-17/h9-10,17-18,20-21H,1-8,11-16H2,(H,30,34). The minimum Gasteiger partial charge on any atom is -0.477 e. The molecule has 208 valence electrons. The predicted octanol–water partition coefficient (Wildman–Crippen LogP) is 2.23. The van der Waals surface area contributed by atoms with Gasteiger partial charge >= 0.3 is 6.03 Å². The molecule has 0 spiro atoms. The molecular formula is C28H35N5O6. The zero-order valence-electron chi connectivity index (χ0n) is 22.1. The first-order valence-electron chi connectivity index (χ1n) is 14.3. The average Bonchev–Trinajstić information content (AvgIpc) is 3.49. The third kappa shape index (κ3) is 4.92. The van der Waals surface area contributed by atoms with Gasteiger partial charge in [0.25, 0.3) is 11.5 Å². The number of ether oxygens (including phenoxy) is 2. The Bertz CT molecular complexity index is 1300. The van der Waals surface area contributed by atoms with Crippen molar-refractivity contribution in [2.75, 3.05) is 52.5 Å². The Morgan fingerprint density at radius 1 is 1.00 bits per heavy atom. The molecule has 7 rings (SSSR count). The molecule has 2 unspecified atom stereocenters. The summed E-state index contributed by atoms with van der Waals surface area (Å²) in [6, 6.07) is 3.74. The Labute approximate surface area is 226 Å². The number of rotatable bonds is 5. The lowest BCUT2D eigenvalue weighted by Gasteiger charge is -2.30.